The molecule has 5 rings (SSSR count). The summed E-state index contributed by atoms with van der Waals surface area (Å²) in [5.74, 6) is 2.49. The van der Waals surface area contributed by atoms with Gasteiger partial charge in [0.05, 0.1) is 7.11 Å². The number of rotatable bonds is 9. The average Bonchev–Trinajstić information content (AvgIpc) is 2.92. The standard InChI is InChI=1S/C31H31NO3/c1-33-30-19-25-16-17-32-28(27(25)20-31(30)35-22-24-12-6-3-7-13-24)18-26-14-8-9-15-29(26)34-21-23-10-4-2-5-11-23/h2-15,19-20,28,32H,16-18,21-22H2,1H3. The first-order valence-electron chi connectivity index (χ1n) is 12.2. The fraction of sp³-hybridized carbons (Fsp3) is 0.226. The van der Waals surface area contributed by atoms with Crippen LogP contribution < -0.4 is 19.5 Å². The second-order valence-corrected chi connectivity index (χ2v) is 8.82. The van der Waals surface area contributed by atoms with Crippen LogP contribution in [0.5, 0.6) is 17.2 Å². The van der Waals surface area contributed by atoms with Gasteiger partial charge in [-0.05, 0) is 65.4 Å². The largest absolute Gasteiger partial charge is 0.493 e. The highest BCUT2D eigenvalue weighted by Crippen LogP contribution is 2.37. The van der Waals surface area contributed by atoms with Gasteiger partial charge in [0.25, 0.3) is 0 Å². The molecule has 1 unspecified atom stereocenters. The Hall–Kier alpha value is -3.76. The molecule has 4 aromatic carbocycles. The lowest BCUT2D eigenvalue weighted by atomic mass is 9.89. The van der Waals surface area contributed by atoms with E-state index in [9.17, 15) is 0 Å². The van der Waals surface area contributed by atoms with E-state index in [-0.39, 0.29) is 6.04 Å². The smallest absolute Gasteiger partial charge is 0.162 e. The van der Waals surface area contributed by atoms with Gasteiger partial charge in [0.1, 0.15) is 19.0 Å². The molecule has 1 aliphatic heterocycles. The summed E-state index contributed by atoms with van der Waals surface area (Å²) >= 11 is 0. The molecular formula is C31H31NO3. The quantitative estimate of drug-likeness (QED) is 0.316. The minimum Gasteiger partial charge on any atom is -0.493 e. The molecule has 0 aliphatic carbocycles. The van der Waals surface area contributed by atoms with E-state index in [1.54, 1.807) is 7.11 Å². The normalized spacial score (nSPS) is 14.7. The van der Waals surface area contributed by atoms with E-state index < -0.39 is 0 Å². The molecule has 4 aromatic rings. The Labute approximate surface area is 207 Å². The molecule has 1 atom stereocenters. The van der Waals surface area contributed by atoms with Crippen molar-refractivity contribution in [1.29, 1.82) is 0 Å². The van der Waals surface area contributed by atoms with Crippen LogP contribution in [0.4, 0.5) is 0 Å². The second kappa shape index (κ2) is 11.1. The molecule has 0 amide bonds. The van der Waals surface area contributed by atoms with E-state index in [1.807, 2.05) is 42.5 Å². The molecule has 1 aliphatic rings. The molecule has 0 bridgehead atoms. The zero-order valence-electron chi connectivity index (χ0n) is 20.1. The Balaban J connectivity index is 1.36. The summed E-state index contributed by atoms with van der Waals surface area (Å²) < 4.78 is 18.1. The van der Waals surface area contributed by atoms with Crippen LogP contribution in [0.25, 0.3) is 0 Å². The van der Waals surface area contributed by atoms with Gasteiger partial charge in [-0.25, -0.2) is 0 Å². The third kappa shape index (κ3) is 5.67. The molecule has 4 heteroatoms. The second-order valence-electron chi connectivity index (χ2n) is 8.82. The highest BCUT2D eigenvalue weighted by molar-refractivity contribution is 5.50. The van der Waals surface area contributed by atoms with E-state index >= 15 is 0 Å². The zero-order valence-corrected chi connectivity index (χ0v) is 20.1. The molecule has 0 spiro atoms. The predicted octanol–water partition coefficient (Wildman–Crippen LogP) is 6.28. The zero-order chi connectivity index (χ0) is 23.9. The van der Waals surface area contributed by atoms with Crippen LogP contribution in [0, 0.1) is 0 Å². The van der Waals surface area contributed by atoms with Crippen LogP contribution >= 0.6 is 0 Å². The molecule has 4 nitrogen and oxygen atoms in total. The Morgan fingerprint density at radius 1 is 0.714 bits per heavy atom. The van der Waals surface area contributed by atoms with Crippen LogP contribution in [0.15, 0.2) is 97.1 Å². The number of hydrogen-bond donors (Lipinski definition) is 1. The van der Waals surface area contributed by atoms with E-state index in [0.29, 0.717) is 13.2 Å². The molecule has 0 saturated heterocycles. The highest BCUT2D eigenvalue weighted by atomic mass is 16.5. The van der Waals surface area contributed by atoms with Gasteiger partial charge < -0.3 is 19.5 Å². The van der Waals surface area contributed by atoms with Crippen molar-refractivity contribution in [2.24, 2.45) is 0 Å². The van der Waals surface area contributed by atoms with Crippen LogP contribution in [0.1, 0.15) is 33.9 Å². The number of hydrogen-bond acceptors (Lipinski definition) is 4. The van der Waals surface area contributed by atoms with Gasteiger partial charge in [-0.2, -0.15) is 0 Å². The Morgan fingerprint density at radius 3 is 2.03 bits per heavy atom. The molecule has 35 heavy (non-hydrogen) atoms. The van der Waals surface area contributed by atoms with Crippen LogP contribution in [-0.2, 0) is 26.1 Å². The summed E-state index contributed by atoms with van der Waals surface area (Å²) in [6, 6.07) is 33.3. The first kappa shape index (κ1) is 23.0. The van der Waals surface area contributed by atoms with Crippen molar-refractivity contribution in [1.82, 2.24) is 5.32 Å². The number of methoxy groups -OCH3 is 1. The van der Waals surface area contributed by atoms with Crippen molar-refractivity contribution in [3.63, 3.8) is 0 Å². The van der Waals surface area contributed by atoms with Crippen molar-refractivity contribution < 1.29 is 14.2 Å². The Bertz CT molecular complexity index is 1240. The maximum Gasteiger partial charge on any atom is 0.162 e. The predicted molar refractivity (Wildman–Crippen MR) is 139 cm³/mol. The van der Waals surface area contributed by atoms with Crippen molar-refractivity contribution in [3.8, 4) is 17.2 Å². The first-order valence-corrected chi connectivity index (χ1v) is 12.2. The monoisotopic (exact) mass is 465 g/mol. The lowest BCUT2D eigenvalue weighted by Gasteiger charge is -2.29. The highest BCUT2D eigenvalue weighted by Gasteiger charge is 2.24. The summed E-state index contributed by atoms with van der Waals surface area (Å²) in [5.41, 5.74) is 6.05. The third-order valence-electron chi connectivity index (χ3n) is 6.46. The lowest BCUT2D eigenvalue weighted by molar-refractivity contribution is 0.283. The third-order valence-corrected chi connectivity index (χ3v) is 6.46. The maximum atomic E-state index is 6.23. The Kier molecular flexibility index (Phi) is 7.30. The van der Waals surface area contributed by atoms with E-state index in [0.717, 1.165) is 47.8 Å². The molecule has 1 heterocycles. The van der Waals surface area contributed by atoms with E-state index in [1.165, 1.54) is 16.7 Å². The van der Waals surface area contributed by atoms with Gasteiger partial charge in [-0.3, -0.25) is 0 Å². The van der Waals surface area contributed by atoms with Crippen molar-refractivity contribution in [3.05, 3.63) is 125 Å². The number of ether oxygens (including phenoxy) is 3. The Morgan fingerprint density at radius 2 is 1.34 bits per heavy atom. The van der Waals surface area contributed by atoms with Gasteiger partial charge in [0.2, 0.25) is 0 Å². The van der Waals surface area contributed by atoms with E-state index in [4.69, 9.17) is 14.2 Å². The molecule has 178 valence electrons. The van der Waals surface area contributed by atoms with Gasteiger partial charge in [-0.15, -0.1) is 0 Å². The van der Waals surface area contributed by atoms with Crippen molar-refractivity contribution in [2.45, 2.75) is 32.1 Å². The van der Waals surface area contributed by atoms with E-state index in [2.05, 4.69) is 59.9 Å². The topological polar surface area (TPSA) is 39.7 Å². The number of nitrogens with one attached hydrogen (secondary N) is 1. The van der Waals surface area contributed by atoms with Gasteiger partial charge >= 0.3 is 0 Å². The summed E-state index contributed by atoms with van der Waals surface area (Å²) in [6.45, 7) is 1.99. The lowest BCUT2D eigenvalue weighted by Crippen LogP contribution is -2.31. The fourth-order valence-electron chi connectivity index (χ4n) is 4.61. The minimum absolute atomic E-state index is 0.171. The van der Waals surface area contributed by atoms with Crippen molar-refractivity contribution in [2.75, 3.05) is 13.7 Å². The van der Waals surface area contributed by atoms with Crippen LogP contribution in [0.2, 0.25) is 0 Å². The summed E-state index contributed by atoms with van der Waals surface area (Å²) in [6.07, 6.45) is 1.80. The molecular weight excluding hydrogens is 434 g/mol. The SMILES string of the molecule is COc1cc2c(cc1OCc1ccccc1)C(Cc1ccccc1OCc1ccccc1)NCC2. The van der Waals surface area contributed by atoms with Crippen molar-refractivity contribution >= 4 is 0 Å². The number of fused-ring (bicyclic) bond motifs is 1. The molecule has 0 radical (unpaired) electrons. The van der Waals surface area contributed by atoms with Gasteiger partial charge in [0, 0.05) is 6.04 Å². The average molecular weight is 466 g/mol. The van der Waals surface area contributed by atoms with Gasteiger partial charge in [-0.1, -0.05) is 78.9 Å². The molecule has 1 N–H and O–H groups in total. The number of benzene rings is 4. The first-order chi connectivity index (χ1) is 17.3. The maximum absolute atomic E-state index is 6.23. The molecule has 0 aromatic heterocycles. The summed E-state index contributed by atoms with van der Waals surface area (Å²) in [4.78, 5) is 0. The summed E-state index contributed by atoms with van der Waals surface area (Å²) in [5, 5.41) is 3.71. The number of para-hydroxylation sites is 1. The fourth-order valence-corrected chi connectivity index (χ4v) is 4.61. The molecule has 0 fully saturated rings. The minimum atomic E-state index is 0.171. The van der Waals surface area contributed by atoms with Crippen LogP contribution in [-0.4, -0.2) is 13.7 Å². The molecule has 0 saturated carbocycles. The summed E-state index contributed by atoms with van der Waals surface area (Å²) in [7, 11) is 1.70. The van der Waals surface area contributed by atoms with Crippen LogP contribution in [0.3, 0.4) is 0 Å². The van der Waals surface area contributed by atoms with Gasteiger partial charge in [0.15, 0.2) is 11.5 Å².